The van der Waals surface area contributed by atoms with Crippen LogP contribution >= 0.6 is 23.2 Å². The van der Waals surface area contributed by atoms with E-state index < -0.39 is 5.97 Å². The summed E-state index contributed by atoms with van der Waals surface area (Å²) in [5.41, 5.74) is 6.46. The maximum atomic E-state index is 10.9. The highest BCUT2D eigenvalue weighted by Crippen LogP contribution is 2.32. The molecule has 0 atom stereocenters. The SMILES string of the molecule is COC(=O)CNc1c(Cl)cc(N)cc1Cl. The van der Waals surface area contributed by atoms with Gasteiger partial charge in [-0.3, -0.25) is 4.79 Å². The zero-order chi connectivity index (χ0) is 11.4. The van der Waals surface area contributed by atoms with E-state index in [1.165, 1.54) is 7.11 Å². The zero-order valence-electron chi connectivity index (χ0n) is 8.01. The van der Waals surface area contributed by atoms with Crippen LogP contribution in [0.25, 0.3) is 0 Å². The Bertz CT molecular complexity index is 359. The fraction of sp³-hybridized carbons (Fsp3) is 0.222. The van der Waals surface area contributed by atoms with Crippen molar-refractivity contribution in [1.82, 2.24) is 0 Å². The molecule has 0 aromatic heterocycles. The molecule has 0 heterocycles. The van der Waals surface area contributed by atoms with Crippen molar-refractivity contribution in [2.75, 3.05) is 24.7 Å². The summed E-state index contributed by atoms with van der Waals surface area (Å²) in [5.74, 6) is -0.404. The van der Waals surface area contributed by atoms with Crippen LogP contribution in [0.2, 0.25) is 10.0 Å². The molecule has 0 radical (unpaired) electrons. The summed E-state index contributed by atoms with van der Waals surface area (Å²) < 4.78 is 4.46. The molecule has 1 aromatic rings. The maximum absolute atomic E-state index is 10.9. The van der Waals surface area contributed by atoms with Gasteiger partial charge < -0.3 is 15.8 Å². The molecule has 6 heteroatoms. The predicted molar refractivity (Wildman–Crippen MR) is 61.4 cm³/mol. The van der Waals surface area contributed by atoms with E-state index in [0.29, 0.717) is 21.4 Å². The van der Waals surface area contributed by atoms with Crippen LogP contribution in [-0.2, 0) is 9.53 Å². The summed E-state index contributed by atoms with van der Waals surface area (Å²) in [6, 6.07) is 3.10. The molecule has 0 unspecified atom stereocenters. The Morgan fingerprint density at radius 2 is 2.00 bits per heavy atom. The van der Waals surface area contributed by atoms with Crippen molar-refractivity contribution in [3.8, 4) is 0 Å². The van der Waals surface area contributed by atoms with Gasteiger partial charge in [-0.25, -0.2) is 0 Å². The number of benzene rings is 1. The summed E-state index contributed by atoms with van der Waals surface area (Å²) in [7, 11) is 1.30. The van der Waals surface area contributed by atoms with Crippen LogP contribution in [0.1, 0.15) is 0 Å². The van der Waals surface area contributed by atoms with E-state index in [4.69, 9.17) is 28.9 Å². The normalized spacial score (nSPS) is 9.80. The average Bonchev–Trinajstić information content (AvgIpc) is 2.15. The second kappa shape index (κ2) is 5.09. The average molecular weight is 249 g/mol. The number of esters is 1. The van der Waals surface area contributed by atoms with Crippen LogP contribution in [0.15, 0.2) is 12.1 Å². The standard InChI is InChI=1S/C9H10Cl2N2O2/c1-15-8(14)4-13-9-6(10)2-5(12)3-7(9)11/h2-3,13H,4,12H2,1H3. The third-order valence-electron chi connectivity index (χ3n) is 1.70. The van der Waals surface area contributed by atoms with E-state index in [9.17, 15) is 4.79 Å². The summed E-state index contributed by atoms with van der Waals surface area (Å²) in [4.78, 5) is 10.9. The van der Waals surface area contributed by atoms with Crippen molar-refractivity contribution < 1.29 is 9.53 Å². The first-order valence-corrected chi connectivity index (χ1v) is 4.85. The van der Waals surface area contributed by atoms with Gasteiger partial charge in [-0.15, -0.1) is 0 Å². The number of nitrogens with one attached hydrogen (secondary N) is 1. The van der Waals surface area contributed by atoms with E-state index >= 15 is 0 Å². The molecular formula is C9H10Cl2N2O2. The first-order chi connectivity index (χ1) is 7.04. The molecule has 0 bridgehead atoms. The Kier molecular flexibility index (Phi) is 4.05. The lowest BCUT2D eigenvalue weighted by Gasteiger charge is -2.09. The number of rotatable bonds is 3. The van der Waals surface area contributed by atoms with Gasteiger partial charge in [0.1, 0.15) is 6.54 Å². The molecule has 0 saturated heterocycles. The molecule has 4 nitrogen and oxygen atoms in total. The number of ether oxygens (including phenoxy) is 1. The molecule has 0 aliphatic heterocycles. The Morgan fingerprint density at radius 3 is 2.47 bits per heavy atom. The van der Waals surface area contributed by atoms with Crippen molar-refractivity contribution in [1.29, 1.82) is 0 Å². The summed E-state index contributed by atoms with van der Waals surface area (Å²) in [5, 5.41) is 3.49. The number of nitrogens with two attached hydrogens (primary N) is 1. The number of hydrogen-bond acceptors (Lipinski definition) is 4. The number of halogens is 2. The van der Waals surface area contributed by atoms with Gasteiger partial charge in [0.05, 0.1) is 22.8 Å². The molecule has 0 amide bonds. The van der Waals surface area contributed by atoms with Gasteiger partial charge in [0.25, 0.3) is 0 Å². The monoisotopic (exact) mass is 248 g/mol. The Balaban J connectivity index is 2.81. The lowest BCUT2D eigenvalue weighted by Crippen LogP contribution is -2.15. The van der Waals surface area contributed by atoms with Crippen molar-refractivity contribution in [2.24, 2.45) is 0 Å². The molecule has 0 fully saturated rings. The van der Waals surface area contributed by atoms with E-state index in [2.05, 4.69) is 10.1 Å². The van der Waals surface area contributed by atoms with Crippen LogP contribution in [0.4, 0.5) is 11.4 Å². The van der Waals surface area contributed by atoms with E-state index in [1.54, 1.807) is 12.1 Å². The quantitative estimate of drug-likeness (QED) is 0.636. The maximum Gasteiger partial charge on any atom is 0.325 e. The molecule has 0 spiro atoms. The van der Waals surface area contributed by atoms with Crippen LogP contribution in [0.3, 0.4) is 0 Å². The molecule has 0 aliphatic carbocycles. The largest absolute Gasteiger partial charge is 0.468 e. The number of hydrogen-bond donors (Lipinski definition) is 2. The van der Waals surface area contributed by atoms with Gasteiger partial charge in [-0.2, -0.15) is 0 Å². The van der Waals surface area contributed by atoms with Crippen molar-refractivity contribution in [3.05, 3.63) is 22.2 Å². The Hall–Kier alpha value is -1.13. The second-order valence-electron chi connectivity index (χ2n) is 2.79. The molecule has 0 aliphatic rings. The highest BCUT2D eigenvalue weighted by Gasteiger charge is 2.08. The molecule has 1 rings (SSSR count). The lowest BCUT2D eigenvalue weighted by atomic mass is 10.3. The molecule has 1 aromatic carbocycles. The molecule has 82 valence electrons. The highest BCUT2D eigenvalue weighted by atomic mass is 35.5. The first-order valence-electron chi connectivity index (χ1n) is 4.09. The van der Waals surface area contributed by atoms with Crippen molar-refractivity contribution in [2.45, 2.75) is 0 Å². The fourth-order valence-corrected chi connectivity index (χ4v) is 1.63. The van der Waals surface area contributed by atoms with E-state index in [0.717, 1.165) is 0 Å². The fourth-order valence-electron chi connectivity index (χ4n) is 0.994. The van der Waals surface area contributed by atoms with Gasteiger partial charge in [-0.05, 0) is 12.1 Å². The predicted octanol–water partition coefficient (Wildman–Crippen LogP) is 2.16. The van der Waals surface area contributed by atoms with Gasteiger partial charge in [0.2, 0.25) is 0 Å². The van der Waals surface area contributed by atoms with E-state index in [1.807, 2.05) is 0 Å². The highest BCUT2D eigenvalue weighted by molar-refractivity contribution is 6.39. The van der Waals surface area contributed by atoms with Crippen molar-refractivity contribution in [3.63, 3.8) is 0 Å². The molecule has 3 N–H and O–H groups in total. The lowest BCUT2D eigenvalue weighted by molar-refractivity contribution is -0.138. The van der Waals surface area contributed by atoms with Crippen LogP contribution in [0.5, 0.6) is 0 Å². The molecular weight excluding hydrogens is 239 g/mol. The van der Waals surface area contributed by atoms with Gasteiger partial charge in [0, 0.05) is 5.69 Å². The smallest absolute Gasteiger partial charge is 0.325 e. The summed E-state index contributed by atoms with van der Waals surface area (Å²) in [6.45, 7) is -0.000141. The first kappa shape index (κ1) is 11.9. The Morgan fingerprint density at radius 1 is 1.47 bits per heavy atom. The zero-order valence-corrected chi connectivity index (χ0v) is 9.52. The number of carbonyl (C=O) groups excluding carboxylic acids is 1. The molecule has 0 saturated carbocycles. The number of anilines is 2. The third-order valence-corrected chi connectivity index (χ3v) is 2.30. The molecule has 15 heavy (non-hydrogen) atoms. The van der Waals surface area contributed by atoms with Crippen LogP contribution in [-0.4, -0.2) is 19.6 Å². The minimum atomic E-state index is -0.404. The minimum Gasteiger partial charge on any atom is -0.468 e. The summed E-state index contributed by atoms with van der Waals surface area (Å²) >= 11 is 11.8. The summed E-state index contributed by atoms with van der Waals surface area (Å²) in [6.07, 6.45) is 0. The number of methoxy groups -OCH3 is 1. The van der Waals surface area contributed by atoms with Gasteiger partial charge in [-0.1, -0.05) is 23.2 Å². The van der Waals surface area contributed by atoms with Crippen molar-refractivity contribution >= 4 is 40.5 Å². The second-order valence-corrected chi connectivity index (χ2v) is 3.60. The van der Waals surface area contributed by atoms with Gasteiger partial charge >= 0.3 is 5.97 Å². The Labute approximate surface area is 97.3 Å². The van der Waals surface area contributed by atoms with Crippen LogP contribution in [0, 0.1) is 0 Å². The van der Waals surface area contributed by atoms with Crippen LogP contribution < -0.4 is 11.1 Å². The number of nitrogen functional groups attached to an aromatic ring is 1. The topological polar surface area (TPSA) is 64.3 Å². The van der Waals surface area contributed by atoms with E-state index in [-0.39, 0.29) is 6.54 Å². The van der Waals surface area contributed by atoms with Gasteiger partial charge in [0.15, 0.2) is 0 Å². The third kappa shape index (κ3) is 3.18. The number of carbonyl (C=O) groups is 1. The minimum absolute atomic E-state index is 0.000141.